The number of anilines is 4. The third-order valence-electron chi connectivity index (χ3n) is 6.25. The Morgan fingerprint density at radius 2 is 1.43 bits per heavy atom. The van der Waals surface area contributed by atoms with Crippen molar-refractivity contribution >= 4 is 46.2 Å². The number of aromatic nitrogens is 2. The number of rotatable bonds is 6. The molecule has 0 bridgehead atoms. The smallest absolute Gasteiger partial charge is 0.159 e. The van der Waals surface area contributed by atoms with Gasteiger partial charge in [-0.05, 0) is 29.3 Å². The van der Waals surface area contributed by atoms with Crippen LogP contribution in [0.15, 0.2) is 85.2 Å². The molecule has 1 fully saturated rings. The quantitative estimate of drug-likeness (QED) is 0.334. The van der Waals surface area contributed by atoms with E-state index in [0.717, 1.165) is 32.0 Å². The van der Waals surface area contributed by atoms with Crippen LogP contribution in [0.5, 0.6) is 0 Å². The lowest BCUT2D eigenvalue weighted by Gasteiger charge is -2.40. The molecule has 2 heterocycles. The van der Waals surface area contributed by atoms with Crippen molar-refractivity contribution in [3.05, 3.63) is 106 Å². The molecule has 35 heavy (non-hydrogen) atoms. The lowest BCUT2D eigenvalue weighted by Crippen LogP contribution is -2.48. The van der Waals surface area contributed by atoms with Crippen molar-refractivity contribution in [2.45, 2.75) is 6.04 Å². The van der Waals surface area contributed by atoms with E-state index < -0.39 is 0 Å². The van der Waals surface area contributed by atoms with Crippen LogP contribution < -0.4 is 16.0 Å². The summed E-state index contributed by atoms with van der Waals surface area (Å²) in [6.07, 6.45) is 1.52. The van der Waals surface area contributed by atoms with Crippen LogP contribution in [-0.2, 0) is 0 Å². The monoisotopic (exact) mass is 504 g/mol. The molecule has 3 aromatic carbocycles. The molecule has 0 aliphatic carbocycles. The molecule has 0 saturated carbocycles. The second-order valence-corrected chi connectivity index (χ2v) is 9.30. The average molecular weight is 505 g/mol. The normalized spacial score (nSPS) is 14.3. The molecule has 0 unspecified atom stereocenters. The van der Waals surface area contributed by atoms with Crippen LogP contribution in [-0.4, -0.2) is 41.0 Å². The van der Waals surface area contributed by atoms with Gasteiger partial charge in [0.1, 0.15) is 12.0 Å². The summed E-state index contributed by atoms with van der Waals surface area (Å²) in [6.45, 7) is 3.35. The molecule has 0 radical (unpaired) electrons. The van der Waals surface area contributed by atoms with E-state index in [1.807, 2.05) is 0 Å². The van der Waals surface area contributed by atoms with Gasteiger partial charge in [0.25, 0.3) is 0 Å². The number of hydrogen-bond acceptors (Lipinski definition) is 6. The van der Waals surface area contributed by atoms with Gasteiger partial charge >= 0.3 is 0 Å². The minimum Gasteiger partial charge on any atom is -0.393 e. The van der Waals surface area contributed by atoms with Crippen LogP contribution in [0.1, 0.15) is 17.2 Å². The van der Waals surface area contributed by atoms with Crippen molar-refractivity contribution in [3.8, 4) is 0 Å². The minimum absolute atomic E-state index is 0.199. The standard InChI is InChI=1S/C27H26Cl2N6/c28-21-11-12-22(29)23(17-21)33-26-24(30)27(32-18-31-26)35-15-13-34(14-16-35)25(19-7-3-1-4-8-19)20-9-5-2-6-10-20/h1-12,17-18,25H,13-16,30H2,(H,31,32,33). The van der Waals surface area contributed by atoms with E-state index in [0.29, 0.717) is 27.2 Å². The Hall–Kier alpha value is -3.32. The highest BCUT2D eigenvalue weighted by atomic mass is 35.5. The molecular weight excluding hydrogens is 479 g/mol. The molecule has 1 aliphatic rings. The van der Waals surface area contributed by atoms with Gasteiger partial charge in [-0.3, -0.25) is 4.90 Å². The predicted octanol–water partition coefficient (Wildman–Crippen LogP) is 6.02. The number of nitrogens with zero attached hydrogens (tertiary/aromatic N) is 4. The minimum atomic E-state index is 0.199. The zero-order chi connectivity index (χ0) is 24.2. The highest BCUT2D eigenvalue weighted by Crippen LogP contribution is 2.34. The van der Waals surface area contributed by atoms with E-state index in [1.165, 1.54) is 17.5 Å². The zero-order valence-electron chi connectivity index (χ0n) is 19.1. The number of nitrogens with two attached hydrogens (primary N) is 1. The zero-order valence-corrected chi connectivity index (χ0v) is 20.6. The van der Waals surface area contributed by atoms with Crippen molar-refractivity contribution in [2.24, 2.45) is 0 Å². The Morgan fingerprint density at radius 1 is 0.800 bits per heavy atom. The molecule has 6 nitrogen and oxygen atoms in total. The molecule has 1 aliphatic heterocycles. The fourth-order valence-corrected chi connectivity index (χ4v) is 4.87. The van der Waals surface area contributed by atoms with E-state index in [1.54, 1.807) is 18.2 Å². The first-order valence-corrected chi connectivity index (χ1v) is 12.3. The highest BCUT2D eigenvalue weighted by molar-refractivity contribution is 6.35. The molecule has 178 valence electrons. The van der Waals surface area contributed by atoms with Crippen molar-refractivity contribution in [3.63, 3.8) is 0 Å². The summed E-state index contributed by atoms with van der Waals surface area (Å²) in [6, 6.07) is 26.7. The van der Waals surface area contributed by atoms with Gasteiger partial charge in [-0.15, -0.1) is 0 Å². The van der Waals surface area contributed by atoms with Gasteiger partial charge in [-0.2, -0.15) is 0 Å². The summed E-state index contributed by atoms with van der Waals surface area (Å²) in [5.74, 6) is 1.23. The highest BCUT2D eigenvalue weighted by Gasteiger charge is 2.28. The maximum absolute atomic E-state index is 6.51. The number of benzene rings is 3. The molecule has 1 saturated heterocycles. The summed E-state index contributed by atoms with van der Waals surface area (Å²) in [5.41, 5.74) is 10.2. The van der Waals surface area contributed by atoms with Gasteiger partial charge in [-0.1, -0.05) is 83.9 Å². The van der Waals surface area contributed by atoms with Crippen LogP contribution in [0.25, 0.3) is 0 Å². The first-order valence-electron chi connectivity index (χ1n) is 11.5. The van der Waals surface area contributed by atoms with Crippen LogP contribution in [0.2, 0.25) is 10.0 Å². The second-order valence-electron chi connectivity index (χ2n) is 8.46. The van der Waals surface area contributed by atoms with E-state index in [9.17, 15) is 0 Å². The first-order chi connectivity index (χ1) is 17.1. The van der Waals surface area contributed by atoms with Gasteiger partial charge in [-0.25, -0.2) is 9.97 Å². The van der Waals surface area contributed by atoms with Crippen LogP contribution in [0.4, 0.5) is 23.0 Å². The van der Waals surface area contributed by atoms with Gasteiger partial charge < -0.3 is 16.0 Å². The van der Waals surface area contributed by atoms with Gasteiger partial charge in [0.05, 0.1) is 16.8 Å². The topological polar surface area (TPSA) is 70.3 Å². The number of hydrogen-bond donors (Lipinski definition) is 2. The van der Waals surface area contributed by atoms with Crippen molar-refractivity contribution in [2.75, 3.05) is 42.1 Å². The Kier molecular flexibility index (Phi) is 7.04. The van der Waals surface area contributed by atoms with Crippen LogP contribution in [0.3, 0.4) is 0 Å². The fourth-order valence-electron chi connectivity index (χ4n) is 4.54. The van der Waals surface area contributed by atoms with Crippen LogP contribution in [0, 0.1) is 0 Å². The Bertz CT molecular complexity index is 1240. The average Bonchev–Trinajstić information content (AvgIpc) is 2.89. The maximum atomic E-state index is 6.51. The number of nitrogen functional groups attached to an aromatic ring is 1. The van der Waals surface area contributed by atoms with E-state index in [4.69, 9.17) is 28.9 Å². The van der Waals surface area contributed by atoms with E-state index in [2.05, 4.69) is 85.7 Å². The summed E-state index contributed by atoms with van der Waals surface area (Å²) in [7, 11) is 0. The Balaban J connectivity index is 1.34. The number of nitrogens with one attached hydrogen (secondary N) is 1. The Morgan fingerprint density at radius 3 is 2.06 bits per heavy atom. The molecule has 4 aromatic rings. The summed E-state index contributed by atoms with van der Waals surface area (Å²) in [5, 5.41) is 4.31. The van der Waals surface area contributed by atoms with Crippen molar-refractivity contribution < 1.29 is 0 Å². The maximum Gasteiger partial charge on any atom is 0.159 e. The van der Waals surface area contributed by atoms with E-state index >= 15 is 0 Å². The molecular formula is C27H26Cl2N6. The third kappa shape index (κ3) is 5.20. The largest absolute Gasteiger partial charge is 0.393 e. The lowest BCUT2D eigenvalue weighted by molar-refractivity contribution is 0.212. The molecule has 3 N–H and O–H groups in total. The van der Waals surface area contributed by atoms with Gasteiger partial charge in [0.2, 0.25) is 0 Å². The molecule has 0 spiro atoms. The number of halogens is 2. The van der Waals surface area contributed by atoms with Gasteiger partial charge in [0.15, 0.2) is 11.6 Å². The molecule has 0 amide bonds. The fraction of sp³-hybridized carbons (Fsp3) is 0.185. The SMILES string of the molecule is Nc1c(Nc2cc(Cl)ccc2Cl)ncnc1N1CCN(C(c2ccccc2)c2ccccc2)CC1. The van der Waals surface area contributed by atoms with Crippen molar-refractivity contribution in [1.29, 1.82) is 0 Å². The molecule has 5 rings (SSSR count). The summed E-state index contributed by atoms with van der Waals surface area (Å²) < 4.78 is 0. The van der Waals surface area contributed by atoms with E-state index in [-0.39, 0.29) is 6.04 Å². The molecule has 0 atom stereocenters. The predicted molar refractivity (Wildman–Crippen MR) is 145 cm³/mol. The summed E-state index contributed by atoms with van der Waals surface area (Å²) in [4.78, 5) is 13.6. The lowest BCUT2D eigenvalue weighted by atomic mass is 9.96. The molecule has 8 heteroatoms. The first kappa shape index (κ1) is 23.4. The van der Waals surface area contributed by atoms with Crippen LogP contribution >= 0.6 is 23.2 Å². The van der Waals surface area contributed by atoms with Crippen molar-refractivity contribution in [1.82, 2.24) is 14.9 Å². The Labute approximate surface area is 215 Å². The molecule has 1 aromatic heterocycles. The third-order valence-corrected chi connectivity index (χ3v) is 6.82. The number of piperazine rings is 1. The van der Waals surface area contributed by atoms with Gasteiger partial charge in [0, 0.05) is 31.2 Å². The second kappa shape index (κ2) is 10.5. The summed E-state index contributed by atoms with van der Waals surface area (Å²) >= 11 is 12.4.